The molecular formula is C19H18N4O2. The number of aromatic nitrogens is 1. The number of carbonyl (C=O) groups is 1. The van der Waals surface area contributed by atoms with Crippen LogP contribution in [0, 0.1) is 0 Å². The second kappa shape index (κ2) is 6.68. The largest absolute Gasteiger partial charge is 0.364 e. The van der Waals surface area contributed by atoms with Crippen LogP contribution in [0.3, 0.4) is 0 Å². The van der Waals surface area contributed by atoms with Crippen molar-refractivity contribution in [1.29, 1.82) is 0 Å². The summed E-state index contributed by atoms with van der Waals surface area (Å²) in [6, 6.07) is 17.6. The Balaban J connectivity index is 1.51. The number of urea groups is 1. The Morgan fingerprint density at radius 3 is 2.72 bits per heavy atom. The molecule has 0 aliphatic carbocycles. The first-order chi connectivity index (χ1) is 12.3. The summed E-state index contributed by atoms with van der Waals surface area (Å²) in [5.41, 5.74) is 4.96. The number of hydrogen-bond acceptors (Lipinski definition) is 4. The molecule has 1 aromatic heterocycles. The average Bonchev–Trinajstić information content (AvgIpc) is 3.30. The van der Waals surface area contributed by atoms with Gasteiger partial charge in [0.2, 0.25) is 0 Å². The zero-order chi connectivity index (χ0) is 17.1. The monoisotopic (exact) mass is 334 g/mol. The number of anilines is 3. The summed E-state index contributed by atoms with van der Waals surface area (Å²) in [4.78, 5) is 14.5. The first-order valence-corrected chi connectivity index (χ1v) is 8.20. The molecule has 1 aliphatic heterocycles. The third-order valence-electron chi connectivity index (χ3n) is 4.25. The molecule has 6 heteroatoms. The number of benzene rings is 2. The number of rotatable bonds is 4. The lowest BCUT2D eigenvalue weighted by Gasteiger charge is -2.23. The summed E-state index contributed by atoms with van der Waals surface area (Å²) in [7, 11) is 0. The van der Waals surface area contributed by atoms with Crippen LogP contribution in [-0.2, 0) is 13.0 Å². The van der Waals surface area contributed by atoms with Gasteiger partial charge >= 0.3 is 6.03 Å². The van der Waals surface area contributed by atoms with Gasteiger partial charge in [0.05, 0.1) is 17.9 Å². The topological polar surface area (TPSA) is 70.4 Å². The van der Waals surface area contributed by atoms with E-state index in [-0.39, 0.29) is 6.03 Å². The minimum Gasteiger partial charge on any atom is -0.364 e. The molecule has 0 unspecified atom stereocenters. The minimum atomic E-state index is -0.275. The lowest BCUT2D eigenvalue weighted by Crippen LogP contribution is -2.29. The highest BCUT2D eigenvalue weighted by atomic mass is 16.5. The molecule has 0 fully saturated rings. The smallest absolute Gasteiger partial charge is 0.319 e. The fourth-order valence-corrected chi connectivity index (χ4v) is 3.07. The lowest BCUT2D eigenvalue weighted by atomic mass is 10.2. The van der Waals surface area contributed by atoms with Crippen LogP contribution in [0.5, 0.6) is 0 Å². The quantitative estimate of drug-likeness (QED) is 0.763. The molecule has 0 saturated heterocycles. The molecule has 3 aromatic rings. The van der Waals surface area contributed by atoms with Gasteiger partial charge in [-0.2, -0.15) is 0 Å². The van der Waals surface area contributed by atoms with Gasteiger partial charge in [0.15, 0.2) is 0 Å². The molecule has 0 saturated carbocycles. The van der Waals surface area contributed by atoms with Crippen LogP contribution in [-0.4, -0.2) is 17.7 Å². The maximum absolute atomic E-state index is 12.2. The zero-order valence-corrected chi connectivity index (χ0v) is 13.6. The van der Waals surface area contributed by atoms with Crippen LogP contribution in [0.15, 0.2) is 65.4 Å². The minimum absolute atomic E-state index is 0.275. The van der Waals surface area contributed by atoms with Gasteiger partial charge in [-0.3, -0.25) is 0 Å². The predicted octanol–water partition coefficient (Wildman–Crippen LogP) is 3.69. The second-order valence-corrected chi connectivity index (χ2v) is 5.85. The van der Waals surface area contributed by atoms with Gasteiger partial charge in [-0.1, -0.05) is 35.5 Å². The standard InChI is InChI=1S/C19H18N4O2/c24-19(20-13-15-10-12-25-22-15)21-16-6-2-4-8-18(16)23-11-9-14-5-1-3-7-17(14)23/h1-8,10,12H,9,11,13H2,(H2,20,21,24). The van der Waals surface area contributed by atoms with Crippen molar-refractivity contribution in [1.82, 2.24) is 10.5 Å². The van der Waals surface area contributed by atoms with Crippen LogP contribution in [0.4, 0.5) is 21.9 Å². The number of amides is 2. The van der Waals surface area contributed by atoms with Crippen molar-refractivity contribution in [3.63, 3.8) is 0 Å². The normalized spacial score (nSPS) is 12.7. The van der Waals surface area contributed by atoms with E-state index in [1.165, 1.54) is 17.5 Å². The van der Waals surface area contributed by atoms with E-state index in [0.29, 0.717) is 12.2 Å². The number of nitrogens with one attached hydrogen (secondary N) is 2. The van der Waals surface area contributed by atoms with E-state index in [1.54, 1.807) is 6.07 Å². The van der Waals surface area contributed by atoms with E-state index in [0.717, 1.165) is 24.3 Å². The summed E-state index contributed by atoms with van der Waals surface area (Å²) in [6.07, 6.45) is 2.48. The first-order valence-electron chi connectivity index (χ1n) is 8.20. The second-order valence-electron chi connectivity index (χ2n) is 5.85. The molecule has 2 amide bonds. The van der Waals surface area contributed by atoms with Crippen LogP contribution in [0.1, 0.15) is 11.3 Å². The molecule has 2 aromatic carbocycles. The van der Waals surface area contributed by atoms with Crippen molar-refractivity contribution in [3.8, 4) is 0 Å². The van der Waals surface area contributed by atoms with Crippen molar-refractivity contribution < 1.29 is 9.32 Å². The summed E-state index contributed by atoms with van der Waals surface area (Å²) >= 11 is 0. The number of para-hydroxylation sites is 3. The Labute approximate surface area is 145 Å². The fraction of sp³-hybridized carbons (Fsp3) is 0.158. The first kappa shape index (κ1) is 15.3. The van der Waals surface area contributed by atoms with Crippen molar-refractivity contribution in [3.05, 3.63) is 72.1 Å². The summed E-state index contributed by atoms with van der Waals surface area (Å²) in [5, 5.41) is 9.49. The van der Waals surface area contributed by atoms with E-state index in [9.17, 15) is 4.79 Å². The van der Waals surface area contributed by atoms with E-state index < -0.39 is 0 Å². The molecule has 6 nitrogen and oxygen atoms in total. The number of nitrogens with zero attached hydrogens (tertiary/aromatic N) is 2. The number of fused-ring (bicyclic) bond motifs is 1. The predicted molar refractivity (Wildman–Crippen MR) is 96.0 cm³/mol. The molecule has 4 rings (SSSR count). The molecular weight excluding hydrogens is 316 g/mol. The van der Waals surface area contributed by atoms with E-state index >= 15 is 0 Å². The molecule has 2 N–H and O–H groups in total. The lowest BCUT2D eigenvalue weighted by molar-refractivity contribution is 0.251. The van der Waals surface area contributed by atoms with E-state index in [1.807, 2.05) is 30.3 Å². The molecule has 0 atom stereocenters. The third-order valence-corrected chi connectivity index (χ3v) is 4.25. The summed E-state index contributed by atoms with van der Waals surface area (Å²) in [6.45, 7) is 1.22. The van der Waals surface area contributed by atoms with Crippen molar-refractivity contribution in [2.45, 2.75) is 13.0 Å². The highest BCUT2D eigenvalue weighted by Gasteiger charge is 2.22. The highest BCUT2D eigenvalue weighted by molar-refractivity contribution is 5.94. The Morgan fingerprint density at radius 1 is 1.08 bits per heavy atom. The van der Waals surface area contributed by atoms with Gasteiger partial charge in [0.1, 0.15) is 12.0 Å². The number of hydrogen-bond donors (Lipinski definition) is 2. The Hall–Kier alpha value is -3.28. The highest BCUT2D eigenvalue weighted by Crippen LogP contribution is 2.37. The van der Waals surface area contributed by atoms with Gasteiger partial charge in [-0.05, 0) is 30.2 Å². The van der Waals surface area contributed by atoms with Crippen molar-refractivity contribution in [2.75, 3.05) is 16.8 Å². The van der Waals surface area contributed by atoms with E-state index in [2.05, 4.69) is 38.9 Å². The molecule has 0 radical (unpaired) electrons. The Morgan fingerprint density at radius 2 is 1.88 bits per heavy atom. The van der Waals surface area contributed by atoms with Gasteiger partial charge in [0, 0.05) is 18.3 Å². The molecule has 126 valence electrons. The SMILES string of the molecule is O=C(NCc1ccon1)Nc1ccccc1N1CCc2ccccc21. The van der Waals surface area contributed by atoms with Crippen LogP contribution >= 0.6 is 0 Å². The van der Waals surface area contributed by atoms with Crippen molar-refractivity contribution in [2.24, 2.45) is 0 Å². The molecule has 0 spiro atoms. The number of carbonyl (C=O) groups excluding carboxylic acids is 1. The molecule has 1 aliphatic rings. The molecule has 25 heavy (non-hydrogen) atoms. The van der Waals surface area contributed by atoms with Crippen LogP contribution in [0.25, 0.3) is 0 Å². The molecule has 0 bridgehead atoms. The van der Waals surface area contributed by atoms with Gasteiger partial charge in [-0.25, -0.2) is 4.79 Å². The zero-order valence-electron chi connectivity index (χ0n) is 13.6. The summed E-state index contributed by atoms with van der Waals surface area (Å²) < 4.78 is 4.76. The maximum Gasteiger partial charge on any atom is 0.319 e. The van der Waals surface area contributed by atoms with Gasteiger partial charge in [-0.15, -0.1) is 0 Å². The Kier molecular flexibility index (Phi) is 4.08. The summed E-state index contributed by atoms with van der Waals surface area (Å²) in [5.74, 6) is 0. The van der Waals surface area contributed by atoms with Crippen LogP contribution in [0.2, 0.25) is 0 Å². The van der Waals surface area contributed by atoms with Gasteiger partial charge in [0.25, 0.3) is 0 Å². The molecule has 2 heterocycles. The van der Waals surface area contributed by atoms with Crippen LogP contribution < -0.4 is 15.5 Å². The average molecular weight is 334 g/mol. The third kappa shape index (κ3) is 3.19. The van der Waals surface area contributed by atoms with Gasteiger partial charge < -0.3 is 20.1 Å². The Bertz CT molecular complexity index is 877. The fourth-order valence-electron chi connectivity index (χ4n) is 3.07. The van der Waals surface area contributed by atoms with E-state index in [4.69, 9.17) is 4.52 Å². The van der Waals surface area contributed by atoms with Crippen molar-refractivity contribution >= 4 is 23.1 Å². The maximum atomic E-state index is 12.2.